The van der Waals surface area contributed by atoms with Gasteiger partial charge in [0, 0.05) is 25.2 Å². The fourth-order valence-corrected chi connectivity index (χ4v) is 3.15. The van der Waals surface area contributed by atoms with Crippen LogP contribution in [0.2, 0.25) is 0 Å². The van der Waals surface area contributed by atoms with Gasteiger partial charge in [-0.25, -0.2) is 0 Å². The van der Waals surface area contributed by atoms with Crippen LogP contribution in [0.4, 0.5) is 0 Å². The summed E-state index contributed by atoms with van der Waals surface area (Å²) in [5.74, 6) is 0.960. The summed E-state index contributed by atoms with van der Waals surface area (Å²) < 4.78 is 0. The highest BCUT2D eigenvalue weighted by Gasteiger charge is 2.22. The van der Waals surface area contributed by atoms with Gasteiger partial charge in [-0.15, -0.1) is 0 Å². The second kappa shape index (κ2) is 6.53. The molecule has 2 rings (SSSR count). The lowest BCUT2D eigenvalue weighted by Crippen LogP contribution is -2.47. The van der Waals surface area contributed by atoms with Crippen LogP contribution in [0, 0.1) is 5.92 Å². The Morgan fingerprint density at radius 3 is 2.67 bits per heavy atom. The predicted molar refractivity (Wildman–Crippen MR) is 73.2 cm³/mol. The smallest absolute Gasteiger partial charge is 0.234 e. The zero-order chi connectivity index (χ0) is 13.0. The summed E-state index contributed by atoms with van der Waals surface area (Å²) in [7, 11) is 0. The average Bonchev–Trinajstić information content (AvgIpc) is 2.32. The Morgan fingerprint density at radius 1 is 1.28 bits per heavy atom. The summed E-state index contributed by atoms with van der Waals surface area (Å²) in [5.41, 5.74) is 5.87. The minimum absolute atomic E-state index is 0.199. The van der Waals surface area contributed by atoms with E-state index in [1.807, 2.05) is 0 Å². The van der Waals surface area contributed by atoms with Crippen molar-refractivity contribution in [3.05, 3.63) is 0 Å². The highest BCUT2D eigenvalue weighted by Crippen LogP contribution is 2.23. The number of nitrogens with two attached hydrogens (primary N) is 1. The summed E-state index contributed by atoms with van der Waals surface area (Å²) in [6, 6.07) is 0.747. The Balaban J connectivity index is 1.68. The molecule has 0 aromatic heterocycles. The first-order valence-electron chi connectivity index (χ1n) is 7.41. The number of rotatable bonds is 3. The number of amides is 1. The van der Waals surface area contributed by atoms with E-state index in [0.29, 0.717) is 18.6 Å². The van der Waals surface area contributed by atoms with Gasteiger partial charge in [-0.05, 0) is 31.6 Å². The van der Waals surface area contributed by atoms with E-state index in [9.17, 15) is 4.79 Å². The van der Waals surface area contributed by atoms with E-state index in [-0.39, 0.29) is 5.91 Å². The van der Waals surface area contributed by atoms with Crippen LogP contribution in [-0.4, -0.2) is 42.5 Å². The van der Waals surface area contributed by atoms with E-state index >= 15 is 0 Å². The molecule has 0 spiro atoms. The number of piperidine rings is 1. The molecule has 3 N–H and O–H groups in total. The van der Waals surface area contributed by atoms with Crippen molar-refractivity contribution in [3.8, 4) is 0 Å². The average molecular weight is 253 g/mol. The molecule has 0 radical (unpaired) electrons. The molecule has 1 amide bonds. The normalized spacial score (nSPS) is 31.2. The first-order chi connectivity index (χ1) is 8.63. The second-order valence-corrected chi connectivity index (χ2v) is 6.15. The Morgan fingerprint density at radius 2 is 2.00 bits per heavy atom. The standard InChI is InChI=1S/C14H27N3O/c1-11-3-2-4-13(9-11)16-14(18)10-17-7-5-12(15)6-8-17/h11-13H,2-10,15H2,1H3,(H,16,18). The quantitative estimate of drug-likeness (QED) is 0.792. The third kappa shape index (κ3) is 4.25. The van der Waals surface area contributed by atoms with Crippen molar-refractivity contribution in [2.45, 2.75) is 57.5 Å². The summed E-state index contributed by atoms with van der Waals surface area (Å²) in [4.78, 5) is 14.2. The maximum atomic E-state index is 12.0. The number of hydrogen-bond acceptors (Lipinski definition) is 3. The molecule has 1 saturated carbocycles. The molecular weight excluding hydrogens is 226 g/mol. The van der Waals surface area contributed by atoms with E-state index in [2.05, 4.69) is 17.1 Å². The van der Waals surface area contributed by atoms with Crippen LogP contribution in [0.5, 0.6) is 0 Å². The topological polar surface area (TPSA) is 58.4 Å². The minimum atomic E-state index is 0.199. The van der Waals surface area contributed by atoms with Gasteiger partial charge in [0.1, 0.15) is 0 Å². The highest BCUT2D eigenvalue weighted by molar-refractivity contribution is 5.78. The molecule has 1 saturated heterocycles. The Bertz CT molecular complexity index is 274. The summed E-state index contributed by atoms with van der Waals surface area (Å²) in [6.45, 7) is 4.77. The fourth-order valence-electron chi connectivity index (χ4n) is 3.15. The van der Waals surface area contributed by atoms with Gasteiger partial charge in [-0.1, -0.05) is 19.8 Å². The molecule has 1 aliphatic heterocycles. The molecule has 4 nitrogen and oxygen atoms in total. The van der Waals surface area contributed by atoms with Crippen molar-refractivity contribution in [1.82, 2.24) is 10.2 Å². The maximum absolute atomic E-state index is 12.0. The van der Waals surface area contributed by atoms with E-state index in [4.69, 9.17) is 5.73 Å². The Hall–Kier alpha value is -0.610. The molecule has 2 atom stereocenters. The van der Waals surface area contributed by atoms with Crippen molar-refractivity contribution in [3.63, 3.8) is 0 Å². The van der Waals surface area contributed by atoms with Crippen LogP contribution in [0.15, 0.2) is 0 Å². The van der Waals surface area contributed by atoms with Crippen LogP contribution in [0.25, 0.3) is 0 Å². The fraction of sp³-hybridized carbons (Fsp3) is 0.929. The van der Waals surface area contributed by atoms with Crippen molar-refractivity contribution >= 4 is 5.91 Å². The molecule has 2 fully saturated rings. The zero-order valence-corrected chi connectivity index (χ0v) is 11.5. The SMILES string of the molecule is CC1CCCC(NC(=O)CN2CCC(N)CC2)C1. The number of likely N-dealkylation sites (tertiary alicyclic amines) is 1. The molecule has 1 heterocycles. The van der Waals surface area contributed by atoms with E-state index in [0.717, 1.165) is 44.7 Å². The lowest BCUT2D eigenvalue weighted by atomic mass is 9.87. The van der Waals surface area contributed by atoms with Crippen molar-refractivity contribution in [1.29, 1.82) is 0 Å². The summed E-state index contributed by atoms with van der Waals surface area (Å²) in [6.07, 6.45) is 6.92. The van der Waals surface area contributed by atoms with Crippen LogP contribution < -0.4 is 11.1 Å². The molecule has 0 bridgehead atoms. The van der Waals surface area contributed by atoms with Gasteiger partial charge < -0.3 is 11.1 Å². The van der Waals surface area contributed by atoms with Crippen LogP contribution in [0.1, 0.15) is 45.4 Å². The first kappa shape index (κ1) is 13.8. The van der Waals surface area contributed by atoms with Gasteiger partial charge in [-0.3, -0.25) is 9.69 Å². The number of nitrogens with zero attached hydrogens (tertiary/aromatic N) is 1. The molecule has 0 aromatic rings. The number of carbonyl (C=O) groups is 1. The summed E-state index contributed by atoms with van der Waals surface area (Å²) in [5, 5.41) is 3.20. The van der Waals surface area contributed by atoms with Gasteiger partial charge in [0.2, 0.25) is 5.91 Å². The monoisotopic (exact) mass is 253 g/mol. The van der Waals surface area contributed by atoms with Crippen molar-refractivity contribution < 1.29 is 4.79 Å². The van der Waals surface area contributed by atoms with Crippen molar-refractivity contribution in [2.24, 2.45) is 11.7 Å². The van der Waals surface area contributed by atoms with Gasteiger partial charge in [0.05, 0.1) is 6.54 Å². The molecular formula is C14H27N3O. The molecule has 2 unspecified atom stereocenters. The molecule has 104 valence electrons. The third-order valence-corrected chi connectivity index (χ3v) is 4.30. The highest BCUT2D eigenvalue weighted by atomic mass is 16.2. The van der Waals surface area contributed by atoms with Gasteiger partial charge >= 0.3 is 0 Å². The molecule has 1 aliphatic carbocycles. The van der Waals surface area contributed by atoms with E-state index in [1.54, 1.807) is 0 Å². The van der Waals surface area contributed by atoms with Crippen LogP contribution in [0.3, 0.4) is 0 Å². The van der Waals surface area contributed by atoms with E-state index in [1.165, 1.54) is 12.8 Å². The predicted octanol–water partition coefficient (Wildman–Crippen LogP) is 1.10. The maximum Gasteiger partial charge on any atom is 0.234 e. The first-order valence-corrected chi connectivity index (χ1v) is 7.41. The molecule has 0 aromatic carbocycles. The third-order valence-electron chi connectivity index (χ3n) is 4.30. The second-order valence-electron chi connectivity index (χ2n) is 6.15. The van der Waals surface area contributed by atoms with Gasteiger partial charge in [-0.2, -0.15) is 0 Å². The van der Waals surface area contributed by atoms with Crippen molar-refractivity contribution in [2.75, 3.05) is 19.6 Å². The van der Waals surface area contributed by atoms with Gasteiger partial charge in [0.25, 0.3) is 0 Å². The minimum Gasteiger partial charge on any atom is -0.352 e. The Labute approximate surface area is 110 Å². The van der Waals surface area contributed by atoms with Gasteiger partial charge in [0.15, 0.2) is 0 Å². The lowest BCUT2D eigenvalue weighted by Gasteiger charge is -2.31. The van der Waals surface area contributed by atoms with E-state index < -0.39 is 0 Å². The van der Waals surface area contributed by atoms with Crippen LogP contribution >= 0.6 is 0 Å². The van der Waals surface area contributed by atoms with Crippen LogP contribution in [-0.2, 0) is 4.79 Å². The lowest BCUT2D eigenvalue weighted by molar-refractivity contribution is -0.123. The number of hydrogen-bond donors (Lipinski definition) is 2. The molecule has 18 heavy (non-hydrogen) atoms. The summed E-state index contributed by atoms with van der Waals surface area (Å²) >= 11 is 0. The molecule has 4 heteroatoms. The number of carbonyl (C=O) groups excluding carboxylic acids is 1. The zero-order valence-electron chi connectivity index (χ0n) is 11.5. The Kier molecular flexibility index (Phi) is 5.01. The molecule has 2 aliphatic rings. The largest absolute Gasteiger partial charge is 0.352 e. The number of nitrogens with one attached hydrogen (secondary N) is 1.